The number of carboxylic acid groups (broad SMARTS) is 2. The number of rotatable bonds is 8. The standard InChI is InChI=1S/C48H72N2O4/c1-29(2)34-14-21-48(26-35-30(3)17-24-49(32(35)5)27-40(51)52)23-22-46(10)37(43(34)48)12-13-39-45(9)19-15-36(44(7,8)38(45)16-20-47(39,46)11)42-31(4)18-25-50(33(42)6)28-41(53)54/h17-18,34,36-39,43H,1,12-16,19-28H2,2-11H3,(H,51,52)(H,53,54)/t34-,36?,37+,38-,39+,43+,45-,46+,47+,48+/m0/s1. The molecule has 6 heteroatoms. The molecule has 0 aromatic rings. The zero-order valence-electron chi connectivity index (χ0n) is 35.5. The van der Waals surface area contributed by atoms with Crippen molar-refractivity contribution in [3.63, 3.8) is 0 Å². The molecule has 1 unspecified atom stereocenters. The van der Waals surface area contributed by atoms with Crippen LogP contribution in [-0.4, -0.2) is 58.1 Å². The van der Waals surface area contributed by atoms with Gasteiger partial charge in [0.05, 0.1) is 0 Å². The second kappa shape index (κ2) is 13.4. The van der Waals surface area contributed by atoms with E-state index in [-0.39, 0.29) is 40.2 Å². The summed E-state index contributed by atoms with van der Waals surface area (Å²) >= 11 is 0. The predicted molar refractivity (Wildman–Crippen MR) is 218 cm³/mol. The van der Waals surface area contributed by atoms with Crippen molar-refractivity contribution in [2.75, 3.05) is 26.2 Å². The minimum absolute atomic E-state index is 0.0678. The quantitative estimate of drug-likeness (QED) is 0.241. The van der Waals surface area contributed by atoms with E-state index in [4.69, 9.17) is 0 Å². The van der Waals surface area contributed by atoms with Crippen molar-refractivity contribution in [2.24, 2.45) is 62.6 Å². The van der Waals surface area contributed by atoms with Crippen molar-refractivity contribution in [3.05, 3.63) is 58.0 Å². The molecule has 0 saturated heterocycles. The molecular weight excluding hydrogens is 669 g/mol. The highest BCUT2D eigenvalue weighted by Gasteiger charge is 2.71. The molecule has 5 saturated carbocycles. The van der Waals surface area contributed by atoms with Crippen molar-refractivity contribution in [1.82, 2.24) is 9.80 Å². The normalized spacial score (nSPS) is 41.7. The van der Waals surface area contributed by atoms with E-state index in [1.54, 1.807) is 0 Å². The van der Waals surface area contributed by atoms with Crippen LogP contribution in [-0.2, 0) is 9.59 Å². The molecule has 7 aliphatic rings. The molecule has 2 aliphatic heterocycles. The van der Waals surface area contributed by atoms with Gasteiger partial charge in [0.15, 0.2) is 0 Å². The molecule has 2 heterocycles. The Morgan fingerprint density at radius 2 is 1.37 bits per heavy atom. The van der Waals surface area contributed by atoms with Gasteiger partial charge in [0.25, 0.3) is 0 Å². The van der Waals surface area contributed by atoms with Gasteiger partial charge in [-0.15, -0.1) is 0 Å². The highest BCUT2D eigenvalue weighted by atomic mass is 16.4. The summed E-state index contributed by atoms with van der Waals surface area (Å²) in [4.78, 5) is 27.8. The Kier molecular flexibility index (Phi) is 9.82. The zero-order valence-corrected chi connectivity index (χ0v) is 35.5. The molecule has 7 rings (SSSR count). The SMILES string of the molecule is C=C(C)[C@@H]1CC[C@]2(CC3=C(C)N(CC(=O)O)CC=C3C)CC[C@]3(C)[C@H](CC[C@@H]4[C@@]5(C)CCC(C6=C(C)N(CC(=O)O)CC=C6C)C(C)(C)[C@@H]5CC[C@]43C)[C@@H]12. The molecule has 0 aromatic heterocycles. The first kappa shape index (κ1) is 39.5. The van der Waals surface area contributed by atoms with Crippen molar-refractivity contribution in [3.8, 4) is 0 Å². The van der Waals surface area contributed by atoms with Crippen LogP contribution in [0.2, 0.25) is 0 Å². The van der Waals surface area contributed by atoms with E-state index in [1.165, 1.54) is 103 Å². The smallest absolute Gasteiger partial charge is 0.323 e. The summed E-state index contributed by atoms with van der Waals surface area (Å²) in [6.07, 6.45) is 18.3. The first-order chi connectivity index (χ1) is 25.2. The van der Waals surface area contributed by atoms with Crippen LogP contribution < -0.4 is 0 Å². The average Bonchev–Trinajstić information content (AvgIpc) is 3.46. The lowest BCUT2D eigenvalue weighted by molar-refractivity contribution is -0.240. The fourth-order valence-corrected chi connectivity index (χ4v) is 15.9. The molecule has 0 aromatic carbocycles. The zero-order chi connectivity index (χ0) is 39.3. The van der Waals surface area contributed by atoms with Gasteiger partial charge in [0, 0.05) is 24.5 Å². The average molecular weight is 741 g/mol. The van der Waals surface area contributed by atoms with Gasteiger partial charge in [-0.05, 0) is 190 Å². The highest BCUT2D eigenvalue weighted by Crippen LogP contribution is 2.78. The molecule has 10 atom stereocenters. The molecule has 6 nitrogen and oxygen atoms in total. The molecule has 0 bridgehead atoms. The molecule has 0 radical (unpaired) electrons. The van der Waals surface area contributed by atoms with Gasteiger partial charge in [0.1, 0.15) is 13.1 Å². The van der Waals surface area contributed by atoms with Crippen molar-refractivity contribution >= 4 is 11.9 Å². The number of nitrogens with zero attached hydrogens (tertiary/aromatic N) is 2. The molecule has 5 aliphatic carbocycles. The van der Waals surface area contributed by atoms with E-state index < -0.39 is 11.9 Å². The van der Waals surface area contributed by atoms with E-state index >= 15 is 0 Å². The third kappa shape index (κ3) is 5.74. The summed E-state index contributed by atoms with van der Waals surface area (Å²) in [5.74, 6) is 2.11. The number of fused-ring (bicyclic) bond motifs is 7. The Hall–Kier alpha value is -2.76. The largest absolute Gasteiger partial charge is 0.480 e. The van der Waals surface area contributed by atoms with Gasteiger partial charge < -0.3 is 20.0 Å². The Labute approximate surface area is 327 Å². The lowest BCUT2D eigenvalue weighted by Gasteiger charge is -2.73. The number of allylic oxidation sites excluding steroid dienone is 7. The molecule has 0 amide bonds. The van der Waals surface area contributed by atoms with E-state index in [1.807, 2.05) is 0 Å². The Balaban J connectivity index is 1.21. The van der Waals surface area contributed by atoms with Crippen LogP contribution in [0.3, 0.4) is 0 Å². The van der Waals surface area contributed by atoms with Gasteiger partial charge in [-0.3, -0.25) is 9.59 Å². The summed E-state index contributed by atoms with van der Waals surface area (Å²) < 4.78 is 0. The summed E-state index contributed by atoms with van der Waals surface area (Å²) in [6, 6.07) is 0. The second-order valence-corrected chi connectivity index (χ2v) is 21.0. The maximum Gasteiger partial charge on any atom is 0.323 e. The lowest BCUT2D eigenvalue weighted by Crippen LogP contribution is -2.66. The van der Waals surface area contributed by atoms with Crippen LogP contribution in [0.1, 0.15) is 140 Å². The monoisotopic (exact) mass is 741 g/mol. The predicted octanol–water partition coefficient (Wildman–Crippen LogP) is 10.9. The molecular formula is C48H72N2O4. The topological polar surface area (TPSA) is 81.1 Å². The summed E-state index contributed by atoms with van der Waals surface area (Å²) in [7, 11) is 0. The minimum Gasteiger partial charge on any atom is -0.480 e. The van der Waals surface area contributed by atoms with Crippen LogP contribution in [0.4, 0.5) is 0 Å². The van der Waals surface area contributed by atoms with Gasteiger partial charge in [-0.2, -0.15) is 0 Å². The van der Waals surface area contributed by atoms with E-state index in [2.05, 4.69) is 97.8 Å². The van der Waals surface area contributed by atoms with Crippen LogP contribution in [0.25, 0.3) is 0 Å². The minimum atomic E-state index is -0.754. The van der Waals surface area contributed by atoms with Crippen molar-refractivity contribution in [2.45, 2.75) is 140 Å². The van der Waals surface area contributed by atoms with Gasteiger partial charge >= 0.3 is 11.9 Å². The van der Waals surface area contributed by atoms with E-state index in [0.29, 0.717) is 48.6 Å². The van der Waals surface area contributed by atoms with E-state index in [0.717, 1.165) is 6.42 Å². The first-order valence-corrected chi connectivity index (χ1v) is 21.6. The summed E-state index contributed by atoms with van der Waals surface area (Å²) in [5, 5.41) is 19.4. The number of aliphatic carboxylic acids is 2. The fourth-order valence-electron chi connectivity index (χ4n) is 15.9. The van der Waals surface area contributed by atoms with Gasteiger partial charge in [0.2, 0.25) is 0 Å². The maximum absolute atomic E-state index is 11.8. The van der Waals surface area contributed by atoms with Crippen LogP contribution in [0.15, 0.2) is 58.0 Å². The van der Waals surface area contributed by atoms with Crippen molar-refractivity contribution in [1.29, 1.82) is 0 Å². The Bertz CT molecular complexity index is 1730. The van der Waals surface area contributed by atoms with Crippen LogP contribution >= 0.6 is 0 Å². The summed E-state index contributed by atoms with van der Waals surface area (Å²) in [5.41, 5.74) is 10.5. The van der Waals surface area contributed by atoms with Gasteiger partial charge in [-0.1, -0.05) is 58.9 Å². The number of carboxylic acids is 2. The second-order valence-electron chi connectivity index (χ2n) is 21.0. The molecule has 5 fully saturated rings. The van der Waals surface area contributed by atoms with Crippen molar-refractivity contribution < 1.29 is 19.8 Å². The third-order valence-corrected chi connectivity index (χ3v) is 18.7. The number of carbonyl (C=O) groups is 2. The van der Waals surface area contributed by atoms with Gasteiger partial charge in [-0.25, -0.2) is 0 Å². The fraction of sp³-hybridized carbons (Fsp3) is 0.750. The molecule has 2 N–H and O–H groups in total. The molecule has 54 heavy (non-hydrogen) atoms. The molecule has 298 valence electrons. The van der Waals surface area contributed by atoms with Crippen LogP contribution in [0, 0.1) is 62.6 Å². The summed E-state index contributed by atoms with van der Waals surface area (Å²) in [6.45, 7) is 30.7. The number of hydrogen-bond acceptors (Lipinski definition) is 4. The molecule has 0 spiro atoms. The first-order valence-electron chi connectivity index (χ1n) is 21.6. The maximum atomic E-state index is 11.8. The Morgan fingerprint density at radius 1 is 0.741 bits per heavy atom. The van der Waals surface area contributed by atoms with Crippen LogP contribution in [0.5, 0.6) is 0 Å². The number of hydrogen-bond donors (Lipinski definition) is 2. The Morgan fingerprint density at radius 3 is 2.00 bits per heavy atom. The van der Waals surface area contributed by atoms with E-state index in [9.17, 15) is 19.8 Å². The highest BCUT2D eigenvalue weighted by molar-refractivity contribution is 5.70. The third-order valence-electron chi connectivity index (χ3n) is 18.7. The lowest BCUT2D eigenvalue weighted by atomic mass is 9.31.